The van der Waals surface area contributed by atoms with Crippen molar-refractivity contribution in [3.8, 4) is 11.5 Å². The average molecular weight is 285 g/mol. The Balaban J connectivity index is 1.53. The molecule has 1 atom stereocenters. The molecule has 0 unspecified atom stereocenters. The number of aromatic nitrogens is 2. The Bertz CT molecular complexity index is 608. The summed E-state index contributed by atoms with van der Waals surface area (Å²) in [5, 5.41) is 10.6. The molecule has 0 amide bonds. The SMILES string of the molecule is c1cc(CN[C@@H](c2ccc3c(c2)OCCO3)C2CC2)[nH]n1. The monoisotopic (exact) mass is 285 g/mol. The Kier molecular flexibility index (Phi) is 3.27. The maximum absolute atomic E-state index is 5.70. The van der Waals surface area contributed by atoms with E-state index in [1.54, 1.807) is 6.20 Å². The molecule has 0 spiro atoms. The van der Waals surface area contributed by atoms with E-state index in [1.165, 1.54) is 18.4 Å². The van der Waals surface area contributed by atoms with E-state index in [2.05, 4.69) is 27.6 Å². The number of rotatable bonds is 5. The lowest BCUT2D eigenvalue weighted by Crippen LogP contribution is -2.23. The lowest BCUT2D eigenvalue weighted by atomic mass is 10.0. The highest BCUT2D eigenvalue weighted by atomic mass is 16.6. The Hall–Kier alpha value is -2.01. The summed E-state index contributed by atoms with van der Waals surface area (Å²) >= 11 is 0. The van der Waals surface area contributed by atoms with Crippen molar-refractivity contribution < 1.29 is 9.47 Å². The van der Waals surface area contributed by atoms with Gasteiger partial charge in [-0.2, -0.15) is 5.10 Å². The molecule has 1 aromatic heterocycles. The minimum Gasteiger partial charge on any atom is -0.486 e. The van der Waals surface area contributed by atoms with Crippen molar-refractivity contribution in [2.45, 2.75) is 25.4 Å². The van der Waals surface area contributed by atoms with Crippen LogP contribution >= 0.6 is 0 Å². The number of benzene rings is 1. The molecule has 4 rings (SSSR count). The van der Waals surface area contributed by atoms with Crippen molar-refractivity contribution in [1.82, 2.24) is 15.5 Å². The first-order valence-corrected chi connectivity index (χ1v) is 7.51. The molecule has 0 bridgehead atoms. The van der Waals surface area contributed by atoms with Gasteiger partial charge in [-0.25, -0.2) is 0 Å². The molecule has 5 nitrogen and oxygen atoms in total. The predicted molar refractivity (Wildman–Crippen MR) is 78.3 cm³/mol. The van der Waals surface area contributed by atoms with Crippen LogP contribution in [0.15, 0.2) is 30.5 Å². The minimum absolute atomic E-state index is 0.365. The molecule has 2 aromatic rings. The number of nitrogens with zero attached hydrogens (tertiary/aromatic N) is 1. The summed E-state index contributed by atoms with van der Waals surface area (Å²) in [7, 11) is 0. The quantitative estimate of drug-likeness (QED) is 0.886. The molecular weight excluding hydrogens is 266 g/mol. The highest BCUT2D eigenvalue weighted by Gasteiger charge is 2.32. The van der Waals surface area contributed by atoms with Gasteiger partial charge in [-0.3, -0.25) is 5.10 Å². The molecule has 2 N–H and O–H groups in total. The molecule has 1 aromatic carbocycles. The molecular formula is C16H19N3O2. The fraction of sp³-hybridized carbons (Fsp3) is 0.438. The van der Waals surface area contributed by atoms with Crippen LogP contribution in [0.4, 0.5) is 0 Å². The van der Waals surface area contributed by atoms with Gasteiger partial charge < -0.3 is 14.8 Å². The van der Waals surface area contributed by atoms with E-state index >= 15 is 0 Å². The summed E-state index contributed by atoms with van der Waals surface area (Å²) in [5.74, 6) is 2.44. The van der Waals surface area contributed by atoms with Crippen molar-refractivity contribution in [1.29, 1.82) is 0 Å². The molecule has 1 fully saturated rings. The molecule has 5 heteroatoms. The van der Waals surface area contributed by atoms with Gasteiger partial charge in [0.05, 0.1) is 0 Å². The van der Waals surface area contributed by atoms with Crippen LogP contribution in [-0.4, -0.2) is 23.4 Å². The number of aromatic amines is 1. The van der Waals surface area contributed by atoms with Crippen molar-refractivity contribution in [2.75, 3.05) is 13.2 Å². The van der Waals surface area contributed by atoms with Crippen LogP contribution in [0, 0.1) is 5.92 Å². The third-order valence-electron chi connectivity index (χ3n) is 4.09. The summed E-state index contributed by atoms with van der Waals surface area (Å²) in [6.07, 6.45) is 4.36. The van der Waals surface area contributed by atoms with Crippen LogP contribution in [0.25, 0.3) is 0 Å². The van der Waals surface area contributed by atoms with E-state index in [9.17, 15) is 0 Å². The summed E-state index contributed by atoms with van der Waals surface area (Å²) in [5.41, 5.74) is 2.39. The Morgan fingerprint density at radius 3 is 2.81 bits per heavy atom. The number of H-pyrrole nitrogens is 1. The van der Waals surface area contributed by atoms with Crippen molar-refractivity contribution in [2.24, 2.45) is 5.92 Å². The van der Waals surface area contributed by atoms with Crippen LogP contribution < -0.4 is 14.8 Å². The van der Waals surface area contributed by atoms with Gasteiger partial charge in [0.1, 0.15) is 13.2 Å². The van der Waals surface area contributed by atoms with Gasteiger partial charge in [0.15, 0.2) is 11.5 Å². The van der Waals surface area contributed by atoms with Crippen LogP contribution in [0.2, 0.25) is 0 Å². The smallest absolute Gasteiger partial charge is 0.161 e. The maximum Gasteiger partial charge on any atom is 0.161 e. The lowest BCUT2D eigenvalue weighted by Gasteiger charge is -2.23. The standard InChI is InChI=1S/C16H19N3O2/c1-2-11(1)16(17-10-13-5-6-18-19-13)12-3-4-14-15(9-12)21-8-7-20-14/h3-6,9,11,16-17H,1-2,7-8,10H2,(H,18,19)/t16-/m1/s1. The van der Waals surface area contributed by atoms with Crippen LogP contribution in [0.1, 0.15) is 30.1 Å². The highest BCUT2D eigenvalue weighted by Crippen LogP contribution is 2.43. The third kappa shape index (κ3) is 2.74. The summed E-state index contributed by atoms with van der Waals surface area (Å²) in [6.45, 7) is 2.07. The summed E-state index contributed by atoms with van der Waals surface area (Å²) < 4.78 is 11.3. The lowest BCUT2D eigenvalue weighted by molar-refractivity contribution is 0.171. The predicted octanol–water partition coefficient (Wildman–Crippen LogP) is 2.42. The Morgan fingerprint density at radius 2 is 2.05 bits per heavy atom. The molecule has 1 aliphatic heterocycles. The zero-order valence-electron chi connectivity index (χ0n) is 11.8. The Labute approximate surface area is 123 Å². The second kappa shape index (κ2) is 5.41. The van der Waals surface area contributed by atoms with Crippen molar-refractivity contribution in [3.05, 3.63) is 41.7 Å². The topological polar surface area (TPSA) is 59.2 Å². The molecule has 0 saturated heterocycles. The first kappa shape index (κ1) is 12.7. The number of fused-ring (bicyclic) bond motifs is 1. The fourth-order valence-electron chi connectivity index (χ4n) is 2.84. The first-order valence-electron chi connectivity index (χ1n) is 7.51. The van der Waals surface area contributed by atoms with Gasteiger partial charge in [-0.1, -0.05) is 6.07 Å². The van der Waals surface area contributed by atoms with Gasteiger partial charge in [-0.05, 0) is 42.5 Å². The van der Waals surface area contributed by atoms with Crippen LogP contribution in [-0.2, 0) is 6.54 Å². The van der Waals surface area contributed by atoms with Crippen LogP contribution in [0.3, 0.4) is 0 Å². The van der Waals surface area contributed by atoms with Crippen molar-refractivity contribution >= 4 is 0 Å². The second-order valence-corrected chi connectivity index (χ2v) is 5.68. The minimum atomic E-state index is 0.365. The second-order valence-electron chi connectivity index (χ2n) is 5.68. The number of hydrogen-bond donors (Lipinski definition) is 2. The van der Waals surface area contributed by atoms with Gasteiger partial charge in [0.2, 0.25) is 0 Å². The van der Waals surface area contributed by atoms with Crippen molar-refractivity contribution in [3.63, 3.8) is 0 Å². The average Bonchev–Trinajstić information content (AvgIpc) is 3.23. The van der Waals surface area contributed by atoms with E-state index in [-0.39, 0.29) is 0 Å². The third-order valence-corrected chi connectivity index (χ3v) is 4.09. The molecule has 1 saturated carbocycles. The molecule has 2 aliphatic rings. The zero-order valence-corrected chi connectivity index (χ0v) is 11.8. The van der Waals surface area contributed by atoms with Gasteiger partial charge in [0, 0.05) is 24.5 Å². The Morgan fingerprint density at radius 1 is 1.19 bits per heavy atom. The molecule has 0 radical (unpaired) electrons. The van der Waals surface area contributed by atoms with Crippen LogP contribution in [0.5, 0.6) is 11.5 Å². The molecule has 110 valence electrons. The van der Waals surface area contributed by atoms with Gasteiger partial charge in [-0.15, -0.1) is 0 Å². The van der Waals surface area contributed by atoms with Gasteiger partial charge in [0.25, 0.3) is 0 Å². The number of hydrogen-bond acceptors (Lipinski definition) is 4. The number of nitrogens with one attached hydrogen (secondary N) is 2. The summed E-state index contributed by atoms with van der Waals surface area (Å²) in [4.78, 5) is 0. The van der Waals surface area contributed by atoms with E-state index in [0.717, 1.165) is 29.7 Å². The maximum atomic E-state index is 5.70. The molecule has 1 aliphatic carbocycles. The first-order chi connectivity index (χ1) is 10.4. The fourth-order valence-corrected chi connectivity index (χ4v) is 2.84. The normalized spacial score (nSPS) is 18.5. The van der Waals surface area contributed by atoms with E-state index in [4.69, 9.17) is 9.47 Å². The van der Waals surface area contributed by atoms with E-state index < -0.39 is 0 Å². The molecule has 2 heterocycles. The number of ether oxygens (including phenoxy) is 2. The van der Waals surface area contributed by atoms with Gasteiger partial charge >= 0.3 is 0 Å². The highest BCUT2D eigenvalue weighted by molar-refractivity contribution is 5.45. The summed E-state index contributed by atoms with van der Waals surface area (Å²) in [6, 6.07) is 8.66. The molecule has 21 heavy (non-hydrogen) atoms. The van der Waals surface area contributed by atoms with E-state index in [0.29, 0.717) is 19.3 Å². The largest absolute Gasteiger partial charge is 0.486 e. The zero-order chi connectivity index (χ0) is 14.1. The van der Waals surface area contributed by atoms with E-state index in [1.807, 2.05) is 12.1 Å².